The molecule has 5 aliphatic rings. The molecular weight excluding hydrogens is 568 g/mol. The minimum absolute atomic E-state index is 0.0226. The fourth-order valence-corrected chi connectivity index (χ4v) is 11.9. The summed E-state index contributed by atoms with van der Waals surface area (Å²) in [4.78, 5) is 37.7. The van der Waals surface area contributed by atoms with Crippen molar-refractivity contribution in [2.45, 2.75) is 124 Å². The average Bonchev–Trinajstić information content (AvgIpc) is 3.46. The molecule has 1 aliphatic heterocycles. The van der Waals surface area contributed by atoms with Gasteiger partial charge in [0, 0.05) is 17.8 Å². The second-order valence-electron chi connectivity index (χ2n) is 16.8. The van der Waals surface area contributed by atoms with Gasteiger partial charge >= 0.3 is 17.9 Å². The number of fused-ring (bicyclic) bond motifs is 5. The summed E-state index contributed by atoms with van der Waals surface area (Å²) in [7, 11) is 0. The smallest absolute Gasteiger partial charge is 0.339 e. The van der Waals surface area contributed by atoms with E-state index in [-0.39, 0.29) is 51.3 Å². The summed E-state index contributed by atoms with van der Waals surface area (Å²) in [6.45, 7) is 16.0. The van der Waals surface area contributed by atoms with Crippen molar-refractivity contribution in [3.8, 4) is 0 Å². The maximum Gasteiger partial charge on any atom is 0.339 e. The van der Waals surface area contributed by atoms with E-state index in [9.17, 15) is 24.6 Å². The molecule has 0 radical (unpaired) electrons. The summed E-state index contributed by atoms with van der Waals surface area (Å²) in [6.07, 6.45) is 9.64. The zero-order valence-corrected chi connectivity index (χ0v) is 28.2. The molecule has 1 aromatic carbocycles. The molecule has 5 fully saturated rings. The van der Waals surface area contributed by atoms with E-state index in [4.69, 9.17) is 9.47 Å². The van der Waals surface area contributed by atoms with Crippen molar-refractivity contribution >= 4 is 17.9 Å². The van der Waals surface area contributed by atoms with Gasteiger partial charge in [-0.15, -0.1) is 0 Å². The number of carboxylic acids is 1. The predicted octanol–water partition coefficient (Wildman–Crippen LogP) is 7.61. The van der Waals surface area contributed by atoms with Crippen molar-refractivity contribution < 1.29 is 34.1 Å². The lowest BCUT2D eigenvalue weighted by atomic mass is 9.35. The molecule has 2 N–H and O–H groups in total. The summed E-state index contributed by atoms with van der Waals surface area (Å²) >= 11 is 0. The highest BCUT2D eigenvalue weighted by molar-refractivity contribution is 5.92. The molecule has 0 aromatic heterocycles. The van der Waals surface area contributed by atoms with E-state index in [0.717, 1.165) is 56.9 Å². The number of hydrogen-bond acceptors (Lipinski definition) is 6. The van der Waals surface area contributed by atoms with Crippen molar-refractivity contribution in [1.82, 2.24) is 0 Å². The number of carbonyl (C=O) groups excluding carboxylic acids is 2. The minimum Gasteiger partial charge on any atom is -0.478 e. The van der Waals surface area contributed by atoms with Gasteiger partial charge in [0.1, 0.15) is 12.2 Å². The van der Waals surface area contributed by atoms with Gasteiger partial charge in [-0.1, -0.05) is 40.2 Å². The monoisotopic (exact) mass is 620 g/mol. The molecule has 0 unspecified atom stereocenters. The molecule has 0 bridgehead atoms. The standard InChI is InChI=1S/C38H52O7/c1-22(2)20-25-21-38(43,33(42)44-25)27-14-18-36(6)26(27)12-13-29-35(5)17-16-30(34(3,4)28(35)15-19-37(29,36)7)45-32(41)24-10-8-23(9-11-24)31(39)40/h8-11,20,25-30,43H,12-19,21H2,1-7H3,(H,39,40)/t25-,26-,27+,28+,29-,30+,35+,36-,37-,38+/m1/s1. The molecule has 4 aliphatic carbocycles. The number of carboxylic acid groups (broad SMARTS) is 1. The Labute approximate surface area is 268 Å². The number of carbonyl (C=O) groups is 3. The van der Waals surface area contributed by atoms with E-state index in [0.29, 0.717) is 23.8 Å². The average molecular weight is 621 g/mol. The third-order valence-electron chi connectivity index (χ3n) is 14.2. The van der Waals surface area contributed by atoms with Gasteiger partial charge in [-0.05, 0) is 130 Å². The molecule has 45 heavy (non-hydrogen) atoms. The van der Waals surface area contributed by atoms with Crippen LogP contribution in [0.4, 0.5) is 0 Å². The molecule has 0 amide bonds. The molecule has 0 spiro atoms. The number of allylic oxidation sites excluding steroid dienone is 1. The van der Waals surface area contributed by atoms with E-state index in [1.54, 1.807) is 0 Å². The lowest BCUT2D eigenvalue weighted by Gasteiger charge is -2.70. The molecule has 6 rings (SSSR count). The van der Waals surface area contributed by atoms with Crippen LogP contribution in [0.1, 0.15) is 127 Å². The highest BCUT2D eigenvalue weighted by Gasteiger charge is 2.71. The third kappa shape index (κ3) is 4.72. The first kappa shape index (κ1) is 32.3. The van der Waals surface area contributed by atoms with Crippen molar-refractivity contribution in [1.29, 1.82) is 0 Å². The van der Waals surface area contributed by atoms with Crippen LogP contribution in [0, 0.1) is 45.3 Å². The molecule has 1 saturated heterocycles. The third-order valence-corrected chi connectivity index (χ3v) is 14.2. The number of benzene rings is 1. The normalized spacial score (nSPS) is 43.3. The van der Waals surface area contributed by atoms with Gasteiger partial charge in [0.25, 0.3) is 0 Å². The van der Waals surface area contributed by atoms with Crippen LogP contribution >= 0.6 is 0 Å². The Bertz CT molecular complexity index is 1410. The summed E-state index contributed by atoms with van der Waals surface area (Å²) < 4.78 is 11.9. The topological polar surface area (TPSA) is 110 Å². The first-order valence-electron chi connectivity index (χ1n) is 17.1. The first-order chi connectivity index (χ1) is 21.0. The summed E-state index contributed by atoms with van der Waals surface area (Å²) in [5.74, 6) is -0.756. The largest absolute Gasteiger partial charge is 0.478 e. The Morgan fingerprint density at radius 3 is 2.13 bits per heavy atom. The highest BCUT2D eigenvalue weighted by atomic mass is 16.6. The summed E-state index contributed by atoms with van der Waals surface area (Å²) in [5.41, 5.74) is 0.175. The molecule has 10 atom stereocenters. The van der Waals surface area contributed by atoms with E-state index in [1.165, 1.54) is 24.3 Å². The van der Waals surface area contributed by atoms with Crippen LogP contribution in [0.3, 0.4) is 0 Å². The Hall–Kier alpha value is -2.67. The van der Waals surface area contributed by atoms with Crippen LogP contribution < -0.4 is 0 Å². The van der Waals surface area contributed by atoms with E-state index in [1.807, 2.05) is 19.9 Å². The van der Waals surface area contributed by atoms with Gasteiger partial charge in [-0.25, -0.2) is 14.4 Å². The Morgan fingerprint density at radius 1 is 0.844 bits per heavy atom. The fourth-order valence-electron chi connectivity index (χ4n) is 11.9. The van der Waals surface area contributed by atoms with Crippen molar-refractivity contribution in [2.75, 3.05) is 0 Å². The first-order valence-corrected chi connectivity index (χ1v) is 17.1. The number of aliphatic hydroxyl groups is 1. The van der Waals surface area contributed by atoms with Crippen LogP contribution in [0.25, 0.3) is 0 Å². The highest BCUT2D eigenvalue weighted by Crippen LogP contribution is 2.76. The van der Waals surface area contributed by atoms with Crippen LogP contribution in [0.2, 0.25) is 0 Å². The van der Waals surface area contributed by atoms with Gasteiger partial charge in [-0.2, -0.15) is 0 Å². The molecular formula is C38H52O7. The molecule has 1 aromatic rings. The second kappa shape index (κ2) is 10.7. The van der Waals surface area contributed by atoms with Gasteiger partial charge < -0.3 is 19.7 Å². The zero-order chi connectivity index (χ0) is 32.7. The molecule has 246 valence electrons. The van der Waals surface area contributed by atoms with Crippen LogP contribution in [0.15, 0.2) is 35.9 Å². The van der Waals surface area contributed by atoms with E-state index < -0.39 is 23.5 Å². The Balaban J connectivity index is 1.21. The van der Waals surface area contributed by atoms with Crippen LogP contribution in [-0.2, 0) is 14.3 Å². The maximum atomic E-state index is 13.2. The van der Waals surface area contributed by atoms with Gasteiger partial charge in [0.15, 0.2) is 5.60 Å². The van der Waals surface area contributed by atoms with Gasteiger partial charge in [0.05, 0.1) is 11.1 Å². The maximum absolute atomic E-state index is 13.2. The SMILES string of the molecule is CC(C)=C[C@@H]1C[C@](O)([C@H]2CC[C@]3(C)[C@@H]2CC[C@@H]2[C@@]4(C)CC[C@H](OC(=O)c5ccc(C(=O)O)cc5)C(C)(C)[C@@H]4CC[C@]23C)C(=O)O1. The lowest BCUT2D eigenvalue weighted by molar-refractivity contribution is -0.225. The summed E-state index contributed by atoms with van der Waals surface area (Å²) in [6, 6.07) is 5.97. The molecule has 1 heterocycles. The van der Waals surface area contributed by atoms with Gasteiger partial charge in [0.2, 0.25) is 0 Å². The number of aromatic carboxylic acids is 1. The second-order valence-corrected chi connectivity index (χ2v) is 16.8. The van der Waals surface area contributed by atoms with Gasteiger partial charge in [-0.3, -0.25) is 0 Å². The number of rotatable bonds is 5. The Kier molecular flexibility index (Phi) is 7.66. The quantitative estimate of drug-likeness (QED) is 0.258. The number of esters is 2. The van der Waals surface area contributed by atoms with Crippen LogP contribution in [0.5, 0.6) is 0 Å². The van der Waals surface area contributed by atoms with E-state index >= 15 is 0 Å². The van der Waals surface area contributed by atoms with E-state index in [2.05, 4.69) is 34.6 Å². The Morgan fingerprint density at radius 2 is 1.49 bits per heavy atom. The van der Waals surface area contributed by atoms with Crippen molar-refractivity contribution in [2.24, 2.45) is 45.3 Å². The molecule has 7 heteroatoms. The zero-order valence-electron chi connectivity index (χ0n) is 28.2. The molecule has 7 nitrogen and oxygen atoms in total. The lowest BCUT2D eigenvalue weighted by Crippen LogP contribution is -2.64. The minimum atomic E-state index is -1.42. The van der Waals surface area contributed by atoms with Crippen molar-refractivity contribution in [3.63, 3.8) is 0 Å². The predicted molar refractivity (Wildman–Crippen MR) is 170 cm³/mol. The number of hydrogen-bond donors (Lipinski definition) is 2. The molecule has 4 saturated carbocycles. The summed E-state index contributed by atoms with van der Waals surface area (Å²) in [5, 5.41) is 21.1. The number of cyclic esters (lactones) is 1. The number of ether oxygens (including phenoxy) is 2. The van der Waals surface area contributed by atoms with Crippen molar-refractivity contribution in [3.05, 3.63) is 47.0 Å². The fraction of sp³-hybridized carbons (Fsp3) is 0.711. The van der Waals surface area contributed by atoms with Crippen LogP contribution in [-0.4, -0.2) is 45.9 Å².